The Morgan fingerprint density at radius 3 is 2.84 bits per heavy atom. The Bertz CT molecular complexity index is 695. The molecule has 2 heteroatoms. The van der Waals surface area contributed by atoms with Crippen LogP contribution in [-0.4, -0.2) is 13.3 Å². The van der Waals surface area contributed by atoms with Crippen LogP contribution in [0, 0.1) is 0 Å². The zero-order chi connectivity index (χ0) is 13.1. The molecule has 19 heavy (non-hydrogen) atoms. The number of rotatable bonds is 3. The zero-order valence-corrected chi connectivity index (χ0v) is 10.8. The highest BCUT2D eigenvalue weighted by Gasteiger charge is 2.10. The van der Waals surface area contributed by atoms with Gasteiger partial charge in [0.15, 0.2) is 0 Å². The second kappa shape index (κ2) is 5.11. The topological polar surface area (TPSA) is 21.6 Å². The molecule has 0 unspecified atom stereocenters. The van der Waals surface area contributed by atoms with E-state index >= 15 is 0 Å². The second-order valence-corrected chi connectivity index (χ2v) is 4.49. The maximum Gasteiger partial charge on any atom is 0.106 e. The van der Waals surface area contributed by atoms with Crippen LogP contribution in [-0.2, 0) is 4.84 Å². The highest BCUT2D eigenvalue weighted by atomic mass is 16.6. The lowest BCUT2D eigenvalue weighted by Crippen LogP contribution is -1.94. The molecule has 0 aromatic heterocycles. The van der Waals surface area contributed by atoms with Gasteiger partial charge >= 0.3 is 0 Å². The van der Waals surface area contributed by atoms with E-state index < -0.39 is 0 Å². The van der Waals surface area contributed by atoms with E-state index in [1.54, 1.807) is 13.3 Å². The number of fused-ring (bicyclic) bond motifs is 1. The van der Waals surface area contributed by atoms with Crippen molar-refractivity contribution in [1.29, 1.82) is 0 Å². The molecule has 2 aromatic carbocycles. The lowest BCUT2D eigenvalue weighted by molar-refractivity contribution is 0.215. The Morgan fingerprint density at radius 2 is 2.05 bits per heavy atom. The van der Waals surface area contributed by atoms with Crippen molar-refractivity contribution < 1.29 is 4.84 Å². The van der Waals surface area contributed by atoms with Gasteiger partial charge in [0.25, 0.3) is 0 Å². The summed E-state index contributed by atoms with van der Waals surface area (Å²) >= 11 is 0. The SMILES string of the molecule is CON=Cc1c(C2=CC=CC2)ccc2ccccc12. The van der Waals surface area contributed by atoms with Crippen molar-refractivity contribution in [3.8, 4) is 0 Å². The van der Waals surface area contributed by atoms with E-state index in [0.29, 0.717) is 0 Å². The molecule has 0 spiro atoms. The fraction of sp³-hybridized carbons (Fsp3) is 0.118. The molecular formula is C17H15NO. The first-order chi connectivity index (χ1) is 9.40. The summed E-state index contributed by atoms with van der Waals surface area (Å²) in [6.07, 6.45) is 9.21. The van der Waals surface area contributed by atoms with Gasteiger partial charge in [-0.05, 0) is 28.3 Å². The van der Waals surface area contributed by atoms with Gasteiger partial charge in [0, 0.05) is 5.56 Å². The number of oxime groups is 1. The number of hydrogen-bond acceptors (Lipinski definition) is 2. The van der Waals surface area contributed by atoms with E-state index in [0.717, 1.165) is 12.0 Å². The third kappa shape index (κ3) is 2.17. The fourth-order valence-electron chi connectivity index (χ4n) is 2.47. The summed E-state index contributed by atoms with van der Waals surface area (Å²) < 4.78 is 0. The Kier molecular flexibility index (Phi) is 3.15. The fourth-order valence-corrected chi connectivity index (χ4v) is 2.47. The van der Waals surface area contributed by atoms with Gasteiger partial charge < -0.3 is 4.84 Å². The van der Waals surface area contributed by atoms with Gasteiger partial charge in [-0.3, -0.25) is 0 Å². The van der Waals surface area contributed by atoms with Crippen LogP contribution < -0.4 is 0 Å². The highest BCUT2D eigenvalue weighted by molar-refractivity contribution is 6.04. The van der Waals surface area contributed by atoms with Crippen LogP contribution in [0.4, 0.5) is 0 Å². The summed E-state index contributed by atoms with van der Waals surface area (Å²) in [5.74, 6) is 0. The quantitative estimate of drug-likeness (QED) is 0.591. The van der Waals surface area contributed by atoms with Crippen LogP contribution >= 0.6 is 0 Å². The van der Waals surface area contributed by atoms with Gasteiger partial charge in [0.05, 0.1) is 6.21 Å². The first kappa shape index (κ1) is 11.7. The molecule has 0 atom stereocenters. The van der Waals surface area contributed by atoms with Gasteiger partial charge in [-0.2, -0.15) is 0 Å². The molecule has 1 aliphatic carbocycles. The molecule has 0 amide bonds. The Hall–Kier alpha value is -2.35. The minimum atomic E-state index is 0.978. The van der Waals surface area contributed by atoms with Gasteiger partial charge in [-0.25, -0.2) is 0 Å². The Labute approximate surface area is 112 Å². The van der Waals surface area contributed by atoms with Crippen LogP contribution in [0.1, 0.15) is 17.5 Å². The van der Waals surface area contributed by atoms with Crippen molar-refractivity contribution >= 4 is 22.6 Å². The average molecular weight is 249 g/mol. The van der Waals surface area contributed by atoms with Crippen molar-refractivity contribution in [1.82, 2.24) is 0 Å². The minimum absolute atomic E-state index is 0.978. The van der Waals surface area contributed by atoms with Crippen LogP contribution in [0.3, 0.4) is 0 Å². The summed E-state index contributed by atoms with van der Waals surface area (Å²) in [4.78, 5) is 4.85. The van der Waals surface area contributed by atoms with Crippen molar-refractivity contribution in [2.75, 3.05) is 7.11 Å². The van der Waals surface area contributed by atoms with E-state index in [-0.39, 0.29) is 0 Å². The van der Waals surface area contributed by atoms with Crippen LogP contribution in [0.15, 0.2) is 59.8 Å². The third-order valence-electron chi connectivity index (χ3n) is 3.38. The summed E-state index contributed by atoms with van der Waals surface area (Å²) in [5.41, 5.74) is 3.67. The number of nitrogens with zero attached hydrogens (tertiary/aromatic N) is 1. The first-order valence-corrected chi connectivity index (χ1v) is 6.34. The molecule has 0 heterocycles. The minimum Gasteiger partial charge on any atom is -0.399 e. The molecule has 0 radical (unpaired) electrons. The van der Waals surface area contributed by atoms with Crippen molar-refractivity contribution in [2.45, 2.75) is 6.42 Å². The Balaban J connectivity index is 2.23. The lowest BCUT2D eigenvalue weighted by atomic mass is 9.94. The van der Waals surface area contributed by atoms with Gasteiger partial charge in [-0.1, -0.05) is 59.8 Å². The molecule has 0 aliphatic heterocycles. The lowest BCUT2D eigenvalue weighted by Gasteiger charge is -2.10. The Morgan fingerprint density at radius 1 is 1.16 bits per heavy atom. The van der Waals surface area contributed by atoms with Crippen LogP contribution in [0.5, 0.6) is 0 Å². The summed E-state index contributed by atoms with van der Waals surface area (Å²) in [5, 5.41) is 6.37. The van der Waals surface area contributed by atoms with Crippen molar-refractivity contribution in [2.24, 2.45) is 5.16 Å². The van der Waals surface area contributed by atoms with Crippen molar-refractivity contribution in [3.63, 3.8) is 0 Å². The maximum atomic E-state index is 4.85. The van der Waals surface area contributed by atoms with Crippen molar-refractivity contribution in [3.05, 3.63) is 65.8 Å². The molecule has 3 rings (SSSR count). The molecule has 0 saturated heterocycles. The summed E-state index contributed by atoms with van der Waals surface area (Å²) in [7, 11) is 1.57. The van der Waals surface area contributed by atoms with E-state index in [1.165, 1.54) is 21.9 Å². The normalized spacial score (nSPS) is 14.3. The monoisotopic (exact) mass is 249 g/mol. The largest absolute Gasteiger partial charge is 0.399 e. The molecule has 1 aliphatic rings. The molecule has 2 aromatic rings. The van der Waals surface area contributed by atoms with Gasteiger partial charge in [0.1, 0.15) is 7.11 Å². The maximum absolute atomic E-state index is 4.85. The average Bonchev–Trinajstić information content (AvgIpc) is 2.98. The smallest absolute Gasteiger partial charge is 0.106 e. The predicted octanol–water partition coefficient (Wildman–Crippen LogP) is 4.16. The van der Waals surface area contributed by atoms with E-state index in [1.807, 2.05) is 0 Å². The zero-order valence-electron chi connectivity index (χ0n) is 10.8. The van der Waals surface area contributed by atoms with Crippen LogP contribution in [0.25, 0.3) is 16.3 Å². The molecular weight excluding hydrogens is 234 g/mol. The van der Waals surface area contributed by atoms with Gasteiger partial charge in [-0.15, -0.1) is 0 Å². The first-order valence-electron chi connectivity index (χ1n) is 6.34. The standard InChI is InChI=1S/C17H15NO/c1-19-18-12-17-15-9-5-4-8-14(15)10-11-16(17)13-6-2-3-7-13/h2-6,8-12H,7H2,1H3. The molecule has 94 valence electrons. The summed E-state index contributed by atoms with van der Waals surface area (Å²) in [6, 6.07) is 12.7. The highest BCUT2D eigenvalue weighted by Crippen LogP contribution is 2.30. The second-order valence-electron chi connectivity index (χ2n) is 4.49. The van der Waals surface area contributed by atoms with Gasteiger partial charge in [0.2, 0.25) is 0 Å². The van der Waals surface area contributed by atoms with E-state index in [2.05, 4.69) is 59.8 Å². The third-order valence-corrected chi connectivity index (χ3v) is 3.38. The molecule has 0 bridgehead atoms. The predicted molar refractivity (Wildman–Crippen MR) is 80.3 cm³/mol. The summed E-state index contributed by atoms with van der Waals surface area (Å²) in [6.45, 7) is 0. The van der Waals surface area contributed by atoms with E-state index in [9.17, 15) is 0 Å². The van der Waals surface area contributed by atoms with E-state index in [4.69, 9.17) is 4.84 Å². The number of benzene rings is 2. The molecule has 0 fully saturated rings. The molecule has 2 nitrogen and oxygen atoms in total. The number of allylic oxidation sites excluding steroid dienone is 4. The number of hydrogen-bond donors (Lipinski definition) is 0. The van der Waals surface area contributed by atoms with Crippen LogP contribution in [0.2, 0.25) is 0 Å². The molecule has 0 N–H and O–H groups in total. The molecule has 0 saturated carbocycles.